The average Bonchev–Trinajstić information content (AvgIpc) is 1.63. The maximum absolute atomic E-state index is 13.1. The fourth-order valence-electron chi connectivity index (χ4n) is 15.8. The number of hydrogen-bond donors (Lipinski definition) is 5. The number of benzene rings is 8. The molecule has 0 aromatic heterocycles. The van der Waals surface area contributed by atoms with Crippen LogP contribution in [0.4, 0.5) is 27.5 Å². The van der Waals surface area contributed by atoms with Gasteiger partial charge in [-0.25, -0.2) is 29.6 Å². The van der Waals surface area contributed by atoms with Crippen LogP contribution in [-0.2, 0) is 62.4 Å². The first-order valence-electron chi connectivity index (χ1n) is 43.8. The summed E-state index contributed by atoms with van der Waals surface area (Å²) in [5.74, 6) is 0.861. The number of amidine groups is 4. The summed E-state index contributed by atoms with van der Waals surface area (Å²) in [7, 11) is 0. The highest BCUT2D eigenvalue weighted by Crippen LogP contribution is 2.39. The number of esters is 1. The number of ether oxygens (including phenoxy) is 3. The summed E-state index contributed by atoms with van der Waals surface area (Å²) < 4.78 is 15.1. The lowest BCUT2D eigenvalue weighted by molar-refractivity contribution is -0.136. The topological polar surface area (TPSA) is 351 Å². The molecule has 6 aliphatic rings. The molecule has 0 radical (unpaired) electrons. The zero-order valence-corrected chi connectivity index (χ0v) is 73.8. The fourth-order valence-corrected chi connectivity index (χ4v) is 15.8. The molecule has 24 heteroatoms. The lowest BCUT2D eigenvalue weighted by Gasteiger charge is -2.22. The van der Waals surface area contributed by atoms with E-state index in [0.717, 1.165) is 215 Å². The first kappa shape index (κ1) is 93.1. The number of carbonyl (C=O) groups excluding carboxylic acids is 7. The Morgan fingerprint density at radius 2 is 0.659 bits per heavy atom. The maximum atomic E-state index is 13.1. The smallest absolute Gasteiger partial charge is 0.481 e. The van der Waals surface area contributed by atoms with Crippen molar-refractivity contribution >= 4 is 118 Å². The number of ketones is 1. The van der Waals surface area contributed by atoms with Gasteiger partial charge < -0.3 is 61.9 Å². The van der Waals surface area contributed by atoms with Crippen LogP contribution < -0.4 is 22.9 Å². The second-order valence-electron chi connectivity index (χ2n) is 32.1. The summed E-state index contributed by atoms with van der Waals surface area (Å²) >= 11 is 0. The van der Waals surface area contributed by atoms with Crippen molar-refractivity contribution in [3.05, 3.63) is 236 Å². The van der Waals surface area contributed by atoms with Crippen LogP contribution in [0.15, 0.2) is 206 Å². The molecule has 0 saturated carbocycles. The number of nitrogens with two attached hydrogens (primary N) is 4. The van der Waals surface area contributed by atoms with Gasteiger partial charge in [-0.2, -0.15) is 0 Å². The van der Waals surface area contributed by atoms with Crippen LogP contribution in [-0.4, -0.2) is 155 Å². The standard InChI is InChI=1S/C26H29N3O4.C26H31N3O2.C25H27N3O3.C25H29N3O3/c1-3-11-29(12-4-2)25(30)21-13-20-10-9-19(14-22(20)28-24(27)15-21)17-5-7-18(8-6-17)23-16-32-26(31)33-23;1-4-12-29(13-5-2)26(31)23-15-22-11-10-21(16-24(22)28-25(27)17-23)20-8-6-19(7-9-20)14-18(3)30;1-3-9-28(10-4-2)24(29)19-12-18-6-5-17(13-22(18)27-23(26)14-19)16-7-8-21-20(11-16)15-31-25(21)30;1-3-11-28(12-4-2)25(31)21-14-20-10-9-19(15-22(20)27-23(26)16-21)18-7-5-17(6-8-18)13-24(29)30/h5-10,13-14,23H,3-4,11-12,15-16H2,1-2H3,(H2,27,28);6-11,15-16H,4-5,12-14,17H2,1-3H3,(H2,27,28);5-8,11-13H,3-4,9-10,14-15H2,1-2H3,(H2,26,27);5-10,14-15H,3-4,11-13,16H2,1-2H3,(H2,26,27)(H,29,30). The number of amides is 4. The van der Waals surface area contributed by atoms with Crippen molar-refractivity contribution in [1.29, 1.82) is 0 Å². The van der Waals surface area contributed by atoms with Gasteiger partial charge in [0.15, 0.2) is 6.10 Å². The molecular formula is C102H116N12O12. The van der Waals surface area contributed by atoms with E-state index in [-0.39, 0.29) is 54.5 Å². The lowest BCUT2D eigenvalue weighted by Crippen LogP contribution is -2.34. The van der Waals surface area contributed by atoms with Crippen molar-refractivity contribution < 1.29 is 57.7 Å². The van der Waals surface area contributed by atoms with Crippen LogP contribution in [0.5, 0.6) is 0 Å². The number of hydrogen-bond acceptors (Lipinski definition) is 19. The van der Waals surface area contributed by atoms with E-state index in [4.69, 9.17) is 42.3 Å². The van der Waals surface area contributed by atoms with E-state index in [1.807, 2.05) is 202 Å². The van der Waals surface area contributed by atoms with Crippen LogP contribution in [0.25, 0.3) is 68.8 Å². The van der Waals surface area contributed by atoms with Gasteiger partial charge in [-0.05, 0) is 180 Å². The van der Waals surface area contributed by atoms with E-state index >= 15 is 0 Å². The van der Waals surface area contributed by atoms with Crippen molar-refractivity contribution in [2.24, 2.45) is 42.9 Å². The van der Waals surface area contributed by atoms with E-state index in [1.54, 1.807) is 13.0 Å². The van der Waals surface area contributed by atoms with Gasteiger partial charge >= 0.3 is 18.1 Å². The summed E-state index contributed by atoms with van der Waals surface area (Å²) in [5.41, 5.74) is 46.0. The first-order valence-corrected chi connectivity index (χ1v) is 43.8. The number of fused-ring (bicyclic) bond motifs is 5. The van der Waals surface area contributed by atoms with Crippen molar-refractivity contribution in [2.45, 2.75) is 165 Å². The molecule has 0 aliphatic carbocycles. The Bertz CT molecular complexity index is 5430. The Morgan fingerprint density at radius 1 is 0.373 bits per heavy atom. The minimum absolute atomic E-state index is 0.0000247. The number of Topliss-reactive ketones (excluding diaryl/α,β-unsaturated/α-hetero) is 1. The largest absolute Gasteiger partial charge is 0.509 e. The van der Waals surface area contributed by atoms with E-state index in [0.29, 0.717) is 89.9 Å². The van der Waals surface area contributed by atoms with Gasteiger partial charge in [-0.3, -0.25) is 28.8 Å². The van der Waals surface area contributed by atoms with Gasteiger partial charge in [0.25, 0.3) is 0 Å². The van der Waals surface area contributed by atoms with Gasteiger partial charge in [0.05, 0.1) is 34.7 Å². The number of cyclic esters (lactones) is 3. The van der Waals surface area contributed by atoms with Crippen molar-refractivity contribution in [2.75, 3.05) is 59.0 Å². The Morgan fingerprint density at radius 3 is 0.952 bits per heavy atom. The van der Waals surface area contributed by atoms with E-state index in [9.17, 15) is 38.4 Å². The molecule has 656 valence electrons. The predicted octanol–water partition coefficient (Wildman–Crippen LogP) is 18.7. The number of aliphatic imine (C=N–C) groups is 4. The molecule has 6 heterocycles. The fraction of sp³-hybridized carbons (Fsp3) is 0.333. The molecule has 24 nitrogen and oxygen atoms in total. The van der Waals surface area contributed by atoms with Gasteiger partial charge in [0.2, 0.25) is 23.6 Å². The maximum Gasteiger partial charge on any atom is 0.509 e. The first-order chi connectivity index (χ1) is 60.8. The summed E-state index contributed by atoms with van der Waals surface area (Å²) in [6.45, 7) is 24.6. The average molecular weight is 1700 g/mol. The van der Waals surface area contributed by atoms with E-state index in [1.165, 1.54) is 0 Å². The molecule has 1 unspecified atom stereocenters. The summed E-state index contributed by atoms with van der Waals surface area (Å²) in [6, 6.07) is 52.8. The monoisotopic (exact) mass is 1700 g/mol. The Balaban J connectivity index is 0.000000163. The van der Waals surface area contributed by atoms with Crippen LogP contribution >= 0.6 is 0 Å². The molecule has 1 saturated heterocycles. The second-order valence-corrected chi connectivity index (χ2v) is 32.1. The molecule has 8 aromatic rings. The second kappa shape index (κ2) is 44.6. The van der Waals surface area contributed by atoms with E-state index < -0.39 is 12.1 Å². The van der Waals surface area contributed by atoms with Crippen LogP contribution in [0.1, 0.15) is 200 Å². The third-order valence-electron chi connectivity index (χ3n) is 21.8. The number of carboxylic acid groups (broad SMARTS) is 1. The van der Waals surface area contributed by atoms with Crippen LogP contribution in [0.3, 0.4) is 0 Å². The van der Waals surface area contributed by atoms with Gasteiger partial charge in [-0.15, -0.1) is 0 Å². The third kappa shape index (κ3) is 24.7. The van der Waals surface area contributed by atoms with Gasteiger partial charge in [0.1, 0.15) is 42.3 Å². The molecule has 0 bridgehead atoms. The quantitative estimate of drug-likeness (QED) is 0.0272. The lowest BCUT2D eigenvalue weighted by atomic mass is 9.98. The molecule has 1 atom stereocenters. The molecular weight excluding hydrogens is 1590 g/mol. The number of rotatable bonds is 29. The predicted molar refractivity (Wildman–Crippen MR) is 502 cm³/mol. The molecule has 0 spiro atoms. The molecule has 9 N–H and O–H groups in total. The Hall–Kier alpha value is -13.6. The van der Waals surface area contributed by atoms with Crippen molar-refractivity contribution in [1.82, 2.24) is 19.6 Å². The highest BCUT2D eigenvalue weighted by molar-refractivity contribution is 6.09. The number of aliphatic carboxylic acids is 1. The minimum atomic E-state index is -0.851. The molecule has 126 heavy (non-hydrogen) atoms. The van der Waals surface area contributed by atoms with Crippen LogP contribution in [0.2, 0.25) is 0 Å². The molecule has 4 amide bonds. The Labute approximate surface area is 738 Å². The van der Waals surface area contributed by atoms with Gasteiger partial charge in [0, 0.05) is 135 Å². The zero-order valence-electron chi connectivity index (χ0n) is 73.8. The minimum Gasteiger partial charge on any atom is -0.481 e. The number of carboxylic acids is 1. The van der Waals surface area contributed by atoms with Gasteiger partial charge in [-0.1, -0.05) is 183 Å². The molecule has 1 fully saturated rings. The summed E-state index contributed by atoms with van der Waals surface area (Å²) in [5, 5.41) is 8.93. The summed E-state index contributed by atoms with van der Waals surface area (Å²) in [6.07, 6.45) is 15.8. The number of nitrogens with zero attached hydrogens (tertiary/aromatic N) is 8. The highest BCUT2D eigenvalue weighted by atomic mass is 16.8. The number of carbonyl (C=O) groups is 8. The molecule has 14 rings (SSSR count). The normalized spacial score (nSPS) is 14.5. The van der Waals surface area contributed by atoms with E-state index in [2.05, 4.69) is 75.4 Å². The van der Waals surface area contributed by atoms with Crippen molar-refractivity contribution in [3.63, 3.8) is 0 Å². The molecule has 8 aromatic carbocycles. The highest BCUT2D eigenvalue weighted by Gasteiger charge is 2.30. The third-order valence-corrected chi connectivity index (χ3v) is 21.8. The summed E-state index contributed by atoms with van der Waals surface area (Å²) in [4.78, 5) is 123. The zero-order chi connectivity index (χ0) is 90.1. The van der Waals surface area contributed by atoms with Crippen LogP contribution in [0, 0.1) is 0 Å². The Kier molecular flexibility index (Phi) is 33.0. The molecule has 6 aliphatic heterocycles. The SMILES string of the molecule is CCCN(CCC)C(=O)C1=Cc2ccc(-c3ccc(C4COC(=O)O4)cc3)cc2N=C(N)C1.CCCN(CCC)C(=O)C1=Cc2ccc(-c3ccc(CC(=O)O)cc3)cc2N=C(N)C1.CCCN(CCC)C(=O)C1=Cc2ccc(-c3ccc(CC(C)=O)cc3)cc2N=C(N)C1.CCCN(CCC)C(=O)C1=Cc2ccc(-c3ccc4c(c3)COC4=O)cc2N=C(N)C1. The van der Waals surface area contributed by atoms with Crippen molar-refractivity contribution in [3.8, 4) is 44.5 Å².